The molecular formula is C22H25N2O2+. The summed E-state index contributed by atoms with van der Waals surface area (Å²) in [5.41, 5.74) is 3.27. The first kappa shape index (κ1) is 16.7. The van der Waals surface area contributed by atoms with Crippen LogP contribution < -0.4 is 14.2 Å². The van der Waals surface area contributed by atoms with Crippen molar-refractivity contribution in [1.29, 1.82) is 0 Å². The molecule has 4 rings (SSSR count). The van der Waals surface area contributed by atoms with Gasteiger partial charge in [-0.25, -0.2) is 0 Å². The minimum atomic E-state index is 0.107. The van der Waals surface area contributed by atoms with Gasteiger partial charge in [0.15, 0.2) is 6.23 Å². The molecule has 0 fully saturated rings. The van der Waals surface area contributed by atoms with Crippen molar-refractivity contribution >= 4 is 22.9 Å². The molecule has 0 radical (unpaired) electrons. The summed E-state index contributed by atoms with van der Waals surface area (Å²) in [5.74, 6) is 1.89. The Morgan fingerprint density at radius 2 is 1.88 bits per heavy atom. The smallest absolute Gasteiger partial charge is 0.373 e. The molecule has 1 aromatic heterocycles. The number of anilines is 1. The Labute approximate surface area is 154 Å². The molecule has 0 saturated heterocycles. The molecule has 0 aliphatic carbocycles. The first-order valence-electron chi connectivity index (χ1n) is 9.42. The van der Waals surface area contributed by atoms with E-state index < -0.39 is 0 Å². The van der Waals surface area contributed by atoms with E-state index in [1.165, 1.54) is 5.69 Å². The van der Waals surface area contributed by atoms with Crippen molar-refractivity contribution < 1.29 is 13.7 Å². The van der Waals surface area contributed by atoms with Gasteiger partial charge >= 0.3 is 5.89 Å². The Kier molecular flexibility index (Phi) is 4.65. The van der Waals surface area contributed by atoms with Gasteiger partial charge in [-0.15, -0.1) is 0 Å². The summed E-state index contributed by atoms with van der Waals surface area (Å²) in [5, 5.41) is 0. The van der Waals surface area contributed by atoms with Crippen LogP contribution >= 0.6 is 0 Å². The lowest BCUT2D eigenvalue weighted by Gasteiger charge is -2.23. The molecule has 4 heteroatoms. The summed E-state index contributed by atoms with van der Waals surface area (Å²) in [6, 6.07) is 16.4. The van der Waals surface area contributed by atoms with Crippen LogP contribution in [0.1, 0.15) is 32.6 Å². The molecule has 3 aromatic rings. The second-order valence-corrected chi connectivity index (χ2v) is 6.46. The topological polar surface area (TPSA) is 29.5 Å². The number of aryl methyl sites for hydroxylation is 1. The molecule has 0 bridgehead atoms. The van der Waals surface area contributed by atoms with Gasteiger partial charge in [-0.1, -0.05) is 30.3 Å². The number of hydrogen-bond donors (Lipinski definition) is 0. The third-order valence-corrected chi connectivity index (χ3v) is 4.92. The van der Waals surface area contributed by atoms with Crippen molar-refractivity contribution in [2.45, 2.75) is 39.5 Å². The van der Waals surface area contributed by atoms with Crippen molar-refractivity contribution in [3.63, 3.8) is 0 Å². The van der Waals surface area contributed by atoms with Gasteiger partial charge in [-0.2, -0.15) is 4.57 Å². The number of aromatic nitrogens is 1. The molecule has 2 heterocycles. The van der Waals surface area contributed by atoms with Crippen LogP contribution in [-0.2, 0) is 6.54 Å². The van der Waals surface area contributed by atoms with E-state index >= 15 is 0 Å². The Morgan fingerprint density at radius 3 is 2.73 bits per heavy atom. The number of nitrogens with zero attached hydrogens (tertiary/aromatic N) is 2. The van der Waals surface area contributed by atoms with Gasteiger partial charge in [-0.05, 0) is 38.5 Å². The average Bonchev–Trinajstić information content (AvgIpc) is 3.22. The number of ether oxygens (including phenoxy) is 1. The standard InChI is InChI=1S/C22H25N2O2/c1-3-23-17-11-5-7-13-19(17)25-21(23)15-9-10-16-22-24(4-2)18-12-6-8-14-20(18)26-22/h5-9,11-15,22H,3-4,10,16H2,1-2H3/q+1. The second-order valence-electron chi connectivity index (χ2n) is 6.46. The molecule has 0 N–H and O–H groups in total. The highest BCUT2D eigenvalue weighted by Crippen LogP contribution is 2.37. The van der Waals surface area contributed by atoms with Crippen molar-refractivity contribution in [2.75, 3.05) is 11.4 Å². The lowest BCUT2D eigenvalue weighted by molar-refractivity contribution is -0.674. The Hall–Kier alpha value is -2.75. The van der Waals surface area contributed by atoms with Crippen molar-refractivity contribution in [2.24, 2.45) is 0 Å². The zero-order chi connectivity index (χ0) is 17.9. The molecule has 1 atom stereocenters. The van der Waals surface area contributed by atoms with Crippen molar-refractivity contribution in [3.05, 3.63) is 60.5 Å². The van der Waals surface area contributed by atoms with Crippen molar-refractivity contribution in [1.82, 2.24) is 0 Å². The van der Waals surface area contributed by atoms with E-state index in [0.717, 1.165) is 48.7 Å². The van der Waals surface area contributed by atoms with Gasteiger partial charge in [0.05, 0.1) is 5.69 Å². The van der Waals surface area contributed by atoms with Gasteiger partial charge in [0.2, 0.25) is 5.58 Å². The maximum Gasteiger partial charge on any atom is 0.373 e. The molecule has 1 aliphatic rings. The van der Waals surface area contributed by atoms with E-state index in [0.29, 0.717) is 0 Å². The first-order valence-corrected chi connectivity index (χ1v) is 9.42. The molecule has 134 valence electrons. The fourth-order valence-electron chi connectivity index (χ4n) is 3.67. The zero-order valence-electron chi connectivity index (χ0n) is 15.4. The van der Waals surface area contributed by atoms with Gasteiger partial charge in [0, 0.05) is 25.1 Å². The van der Waals surface area contributed by atoms with Crippen molar-refractivity contribution in [3.8, 4) is 5.75 Å². The highest BCUT2D eigenvalue weighted by Gasteiger charge is 2.28. The highest BCUT2D eigenvalue weighted by molar-refractivity contribution is 5.69. The molecular weight excluding hydrogens is 324 g/mol. The van der Waals surface area contributed by atoms with Crippen LogP contribution in [0.3, 0.4) is 0 Å². The van der Waals surface area contributed by atoms with E-state index in [1.807, 2.05) is 30.3 Å². The quantitative estimate of drug-likeness (QED) is 0.600. The fourth-order valence-corrected chi connectivity index (χ4v) is 3.67. The third kappa shape index (κ3) is 2.96. The minimum absolute atomic E-state index is 0.107. The van der Waals surface area contributed by atoms with E-state index in [4.69, 9.17) is 9.15 Å². The predicted octanol–water partition coefficient (Wildman–Crippen LogP) is 4.78. The van der Waals surface area contributed by atoms with Crippen LogP contribution in [0, 0.1) is 0 Å². The summed E-state index contributed by atoms with van der Waals surface area (Å²) >= 11 is 0. The van der Waals surface area contributed by atoms with Crippen LogP contribution in [0.25, 0.3) is 17.2 Å². The lowest BCUT2D eigenvalue weighted by Crippen LogP contribution is -2.34. The Morgan fingerprint density at radius 1 is 1.08 bits per heavy atom. The normalized spacial score (nSPS) is 16.4. The molecule has 0 saturated carbocycles. The van der Waals surface area contributed by atoms with Crippen LogP contribution in [0.15, 0.2) is 59.0 Å². The Balaban J connectivity index is 1.44. The number of rotatable bonds is 6. The van der Waals surface area contributed by atoms with Gasteiger partial charge in [0.1, 0.15) is 12.3 Å². The summed E-state index contributed by atoms with van der Waals surface area (Å²) < 4.78 is 14.3. The molecule has 2 aromatic carbocycles. The number of allylic oxidation sites excluding steroid dienone is 1. The third-order valence-electron chi connectivity index (χ3n) is 4.92. The molecule has 26 heavy (non-hydrogen) atoms. The van der Waals surface area contributed by atoms with Gasteiger partial charge in [0.25, 0.3) is 5.52 Å². The highest BCUT2D eigenvalue weighted by atomic mass is 16.5. The van der Waals surface area contributed by atoms with E-state index in [9.17, 15) is 0 Å². The molecule has 0 amide bonds. The number of hydrogen-bond acceptors (Lipinski definition) is 3. The minimum Gasteiger partial charge on any atom is -0.468 e. The molecule has 1 unspecified atom stereocenters. The number of oxazole rings is 1. The first-order chi connectivity index (χ1) is 12.8. The molecule has 1 aliphatic heterocycles. The van der Waals surface area contributed by atoms with Crippen LogP contribution in [0.4, 0.5) is 5.69 Å². The fraction of sp³-hybridized carbons (Fsp3) is 0.318. The van der Waals surface area contributed by atoms with Gasteiger partial charge in [-0.3, -0.25) is 0 Å². The summed E-state index contributed by atoms with van der Waals surface area (Å²) in [7, 11) is 0. The zero-order valence-corrected chi connectivity index (χ0v) is 15.4. The van der Waals surface area contributed by atoms with E-state index in [-0.39, 0.29) is 6.23 Å². The SMILES string of the molecule is CCN1c2ccccc2OC1CCC=Cc1oc2ccccc2[n+]1CC. The lowest BCUT2D eigenvalue weighted by atomic mass is 10.2. The van der Waals surface area contributed by atoms with E-state index in [2.05, 4.69) is 53.7 Å². The summed E-state index contributed by atoms with van der Waals surface area (Å²) in [4.78, 5) is 2.33. The number of para-hydroxylation sites is 4. The number of fused-ring (bicyclic) bond motifs is 2. The van der Waals surface area contributed by atoms with E-state index in [1.54, 1.807) is 0 Å². The molecule has 0 spiro atoms. The maximum atomic E-state index is 6.12. The maximum absolute atomic E-state index is 6.12. The van der Waals surface area contributed by atoms with Crippen LogP contribution in [-0.4, -0.2) is 12.8 Å². The number of benzene rings is 2. The monoisotopic (exact) mass is 349 g/mol. The second kappa shape index (κ2) is 7.24. The summed E-state index contributed by atoms with van der Waals surface area (Å²) in [6.45, 7) is 6.15. The molecule has 4 nitrogen and oxygen atoms in total. The van der Waals surface area contributed by atoms with Crippen LogP contribution in [0.2, 0.25) is 0 Å². The predicted molar refractivity (Wildman–Crippen MR) is 104 cm³/mol. The summed E-state index contributed by atoms with van der Waals surface area (Å²) in [6.07, 6.45) is 6.27. The largest absolute Gasteiger partial charge is 0.468 e. The average molecular weight is 349 g/mol. The Bertz CT molecular complexity index is 929. The van der Waals surface area contributed by atoms with Gasteiger partial charge < -0.3 is 14.1 Å². The van der Waals surface area contributed by atoms with Crippen LogP contribution in [0.5, 0.6) is 5.75 Å².